The van der Waals surface area contributed by atoms with Crippen LogP contribution in [0.15, 0.2) is 77.7 Å². The van der Waals surface area contributed by atoms with Gasteiger partial charge in [-0.2, -0.15) is 8.42 Å². The minimum absolute atomic E-state index is 0.277. The Morgan fingerprint density at radius 1 is 0.696 bits per heavy atom. The first-order valence-corrected chi connectivity index (χ1v) is 8.37. The Morgan fingerprint density at radius 2 is 1.22 bits per heavy atom. The Balaban J connectivity index is 2.43. The molecule has 0 spiro atoms. The minimum atomic E-state index is -4.59. The Kier molecular flexibility index (Phi) is 3.90. The molecule has 0 heterocycles. The van der Waals surface area contributed by atoms with Crippen molar-refractivity contribution < 1.29 is 18.1 Å². The molecule has 4 nitrogen and oxygen atoms in total. The van der Waals surface area contributed by atoms with Crippen molar-refractivity contribution in [3.8, 4) is 28.0 Å². The molecule has 3 aromatic rings. The Bertz CT molecular complexity index is 934. The van der Waals surface area contributed by atoms with Gasteiger partial charge in [0.2, 0.25) is 0 Å². The highest BCUT2D eigenvalue weighted by molar-refractivity contribution is 7.86. The van der Waals surface area contributed by atoms with Crippen LogP contribution in [0.4, 0.5) is 0 Å². The van der Waals surface area contributed by atoms with E-state index in [-0.39, 0.29) is 5.56 Å². The first-order valence-electron chi connectivity index (χ1n) is 6.93. The zero-order chi connectivity index (χ0) is 16.4. The van der Waals surface area contributed by atoms with Crippen molar-refractivity contribution in [1.82, 2.24) is 0 Å². The first-order chi connectivity index (χ1) is 11.0. The lowest BCUT2D eigenvalue weighted by molar-refractivity contribution is 0.444. The summed E-state index contributed by atoms with van der Waals surface area (Å²) in [6.45, 7) is 0. The summed E-state index contributed by atoms with van der Waals surface area (Å²) >= 11 is 0. The largest absolute Gasteiger partial charge is 0.506 e. The quantitative estimate of drug-likeness (QED) is 0.714. The molecule has 0 bridgehead atoms. The maximum atomic E-state index is 11.8. The third kappa shape index (κ3) is 2.97. The van der Waals surface area contributed by atoms with Crippen molar-refractivity contribution in [3.05, 3.63) is 72.8 Å². The van der Waals surface area contributed by atoms with Crippen molar-refractivity contribution in [2.24, 2.45) is 0 Å². The van der Waals surface area contributed by atoms with Crippen LogP contribution in [0.5, 0.6) is 5.75 Å². The van der Waals surface area contributed by atoms with Gasteiger partial charge in [0, 0.05) is 5.56 Å². The molecule has 23 heavy (non-hydrogen) atoms. The molecule has 2 N–H and O–H groups in total. The molecule has 0 saturated heterocycles. The molecule has 5 heteroatoms. The van der Waals surface area contributed by atoms with Gasteiger partial charge < -0.3 is 5.11 Å². The molecule has 0 aliphatic heterocycles. The summed E-state index contributed by atoms with van der Waals surface area (Å²) in [5.74, 6) is -0.481. The molecule has 0 aromatic heterocycles. The van der Waals surface area contributed by atoms with Gasteiger partial charge in [-0.3, -0.25) is 4.55 Å². The van der Waals surface area contributed by atoms with E-state index >= 15 is 0 Å². The van der Waals surface area contributed by atoms with Crippen molar-refractivity contribution in [1.29, 1.82) is 0 Å². The minimum Gasteiger partial charge on any atom is -0.506 e. The average Bonchev–Trinajstić information content (AvgIpc) is 2.55. The maximum absolute atomic E-state index is 11.8. The Morgan fingerprint density at radius 3 is 1.74 bits per heavy atom. The topological polar surface area (TPSA) is 74.6 Å². The number of phenolic OH excluding ortho intramolecular Hbond substituents is 1. The normalized spacial score (nSPS) is 11.3. The van der Waals surface area contributed by atoms with Crippen LogP contribution in [0.2, 0.25) is 0 Å². The number of phenols is 1. The predicted molar refractivity (Wildman–Crippen MR) is 88.8 cm³/mol. The van der Waals surface area contributed by atoms with Crippen LogP contribution in [0.25, 0.3) is 22.3 Å². The lowest BCUT2D eigenvalue weighted by atomic mass is 9.94. The van der Waals surface area contributed by atoms with Gasteiger partial charge in [0.05, 0.1) is 0 Å². The summed E-state index contributed by atoms with van der Waals surface area (Å²) in [7, 11) is -4.59. The molecule has 0 unspecified atom stereocenters. The molecule has 116 valence electrons. The van der Waals surface area contributed by atoms with E-state index in [1.165, 1.54) is 6.07 Å². The van der Waals surface area contributed by atoms with Crippen molar-refractivity contribution >= 4 is 10.1 Å². The smallest absolute Gasteiger partial charge is 0.298 e. The second-order valence-corrected chi connectivity index (χ2v) is 6.40. The van der Waals surface area contributed by atoms with E-state index in [9.17, 15) is 18.1 Å². The van der Waals surface area contributed by atoms with E-state index in [4.69, 9.17) is 0 Å². The maximum Gasteiger partial charge on any atom is 0.298 e. The third-order valence-electron chi connectivity index (χ3n) is 3.54. The molecule has 0 radical (unpaired) electrons. The van der Waals surface area contributed by atoms with Crippen LogP contribution in [-0.2, 0) is 10.1 Å². The fourth-order valence-corrected chi connectivity index (χ4v) is 3.40. The lowest BCUT2D eigenvalue weighted by Gasteiger charge is -2.15. The molecular weight excluding hydrogens is 312 g/mol. The molecule has 0 amide bonds. The van der Waals surface area contributed by atoms with E-state index < -0.39 is 20.8 Å². The van der Waals surface area contributed by atoms with E-state index in [1.54, 1.807) is 30.3 Å². The highest BCUT2D eigenvalue weighted by atomic mass is 32.2. The summed E-state index contributed by atoms with van der Waals surface area (Å²) in [4.78, 5) is -0.481. The number of hydrogen-bond donors (Lipinski definition) is 2. The molecular formula is C18H14O4S. The monoisotopic (exact) mass is 326 g/mol. The summed E-state index contributed by atoms with van der Waals surface area (Å²) in [5.41, 5.74) is 2.27. The van der Waals surface area contributed by atoms with Gasteiger partial charge in [0.1, 0.15) is 10.6 Å². The molecule has 3 aromatic carbocycles. The summed E-state index contributed by atoms with van der Waals surface area (Å²) in [6.07, 6.45) is 0. The first kappa shape index (κ1) is 15.3. The van der Waals surface area contributed by atoms with E-state index in [1.807, 2.05) is 36.4 Å². The molecule has 0 saturated carbocycles. The fraction of sp³-hybridized carbons (Fsp3) is 0. The van der Waals surface area contributed by atoms with Gasteiger partial charge in [-0.1, -0.05) is 60.7 Å². The second kappa shape index (κ2) is 5.87. The van der Waals surface area contributed by atoms with Crippen LogP contribution in [0, 0.1) is 0 Å². The number of rotatable bonds is 3. The van der Waals surface area contributed by atoms with Crippen LogP contribution in [0.3, 0.4) is 0 Å². The molecule has 0 atom stereocenters. The summed E-state index contributed by atoms with van der Waals surface area (Å²) < 4.78 is 33.2. The zero-order valence-corrected chi connectivity index (χ0v) is 12.9. The lowest BCUT2D eigenvalue weighted by Crippen LogP contribution is -2.03. The summed E-state index contributed by atoms with van der Waals surface area (Å²) in [5, 5.41) is 10.0. The predicted octanol–water partition coefficient (Wildman–Crippen LogP) is 3.97. The molecule has 0 aliphatic carbocycles. The number of aromatic hydroxyl groups is 1. The van der Waals surface area contributed by atoms with Crippen LogP contribution < -0.4 is 0 Å². The van der Waals surface area contributed by atoms with Gasteiger partial charge in [0.25, 0.3) is 10.1 Å². The SMILES string of the molecule is O=S(=O)(O)c1c(O)ccc(-c2ccccc2)c1-c1ccccc1. The van der Waals surface area contributed by atoms with E-state index in [0.717, 1.165) is 5.56 Å². The highest BCUT2D eigenvalue weighted by Crippen LogP contribution is 2.41. The van der Waals surface area contributed by atoms with Gasteiger partial charge in [0.15, 0.2) is 0 Å². The van der Waals surface area contributed by atoms with E-state index in [0.29, 0.717) is 11.1 Å². The van der Waals surface area contributed by atoms with Crippen LogP contribution in [-0.4, -0.2) is 18.1 Å². The van der Waals surface area contributed by atoms with Gasteiger partial charge >= 0.3 is 0 Å². The van der Waals surface area contributed by atoms with Gasteiger partial charge in [-0.25, -0.2) is 0 Å². The van der Waals surface area contributed by atoms with E-state index in [2.05, 4.69) is 0 Å². The Labute approximate surface area is 134 Å². The molecule has 3 rings (SSSR count). The fourth-order valence-electron chi connectivity index (χ4n) is 2.58. The van der Waals surface area contributed by atoms with Crippen molar-refractivity contribution in [3.63, 3.8) is 0 Å². The number of hydrogen-bond acceptors (Lipinski definition) is 3. The third-order valence-corrected chi connectivity index (χ3v) is 4.47. The van der Waals surface area contributed by atoms with Gasteiger partial charge in [-0.05, 0) is 28.8 Å². The molecule has 0 aliphatic rings. The van der Waals surface area contributed by atoms with Gasteiger partial charge in [-0.15, -0.1) is 0 Å². The number of benzene rings is 3. The average molecular weight is 326 g/mol. The second-order valence-electron chi connectivity index (χ2n) is 5.04. The highest BCUT2D eigenvalue weighted by Gasteiger charge is 2.24. The summed E-state index contributed by atoms with van der Waals surface area (Å²) in [6, 6.07) is 20.9. The standard InChI is InChI=1S/C18H14O4S/c19-16-12-11-15(13-7-3-1-4-8-13)17(18(16)23(20,21)22)14-9-5-2-6-10-14/h1-12,19H,(H,20,21,22). The van der Waals surface area contributed by atoms with Crippen molar-refractivity contribution in [2.45, 2.75) is 4.90 Å². The molecule has 0 fully saturated rings. The zero-order valence-electron chi connectivity index (χ0n) is 12.0. The Hall–Kier alpha value is -2.63. The van der Waals surface area contributed by atoms with Crippen LogP contribution in [0.1, 0.15) is 0 Å². The van der Waals surface area contributed by atoms with Crippen LogP contribution >= 0.6 is 0 Å². The van der Waals surface area contributed by atoms with Crippen molar-refractivity contribution in [2.75, 3.05) is 0 Å².